The number of oxazole rings is 1. The van der Waals surface area contributed by atoms with Gasteiger partial charge in [-0.1, -0.05) is 0 Å². The van der Waals surface area contributed by atoms with Crippen LogP contribution in [-0.4, -0.2) is 20.4 Å². The van der Waals surface area contributed by atoms with Crippen molar-refractivity contribution in [3.63, 3.8) is 0 Å². The summed E-state index contributed by atoms with van der Waals surface area (Å²) in [5, 5.41) is 9.72. The van der Waals surface area contributed by atoms with Crippen LogP contribution in [0.1, 0.15) is 0 Å². The number of rotatable bonds is 1. The fourth-order valence-corrected chi connectivity index (χ4v) is 0.737. The predicted molar refractivity (Wildman–Crippen MR) is 36.3 cm³/mol. The summed E-state index contributed by atoms with van der Waals surface area (Å²) < 4.78 is 4.95. The summed E-state index contributed by atoms with van der Waals surface area (Å²) in [6.07, 6.45) is 2.97. The van der Waals surface area contributed by atoms with Crippen LogP contribution in [-0.2, 0) is 0 Å². The summed E-state index contributed by atoms with van der Waals surface area (Å²) in [6, 6.07) is 0. The third-order valence-corrected chi connectivity index (χ3v) is 1.21. The van der Waals surface area contributed by atoms with Crippen molar-refractivity contribution >= 4 is 5.82 Å². The number of nitrogen functional groups attached to an aromatic ring is 1. The highest BCUT2D eigenvalue weighted by molar-refractivity contribution is 5.60. The van der Waals surface area contributed by atoms with Gasteiger partial charge in [-0.25, -0.2) is 4.98 Å². The third kappa shape index (κ3) is 0.841. The van der Waals surface area contributed by atoms with Crippen molar-refractivity contribution in [2.24, 2.45) is 0 Å². The molecular weight excluding hydrogens is 146 g/mol. The Balaban J connectivity index is 2.53. The molecule has 2 aromatic rings. The van der Waals surface area contributed by atoms with Crippen LogP contribution >= 0.6 is 0 Å². The highest BCUT2D eigenvalue weighted by atomic mass is 16.3. The summed E-state index contributed by atoms with van der Waals surface area (Å²) in [6.45, 7) is 0. The lowest BCUT2D eigenvalue weighted by atomic mass is 10.4. The molecule has 2 rings (SSSR count). The van der Waals surface area contributed by atoms with E-state index >= 15 is 0 Å². The maximum atomic E-state index is 5.43. The molecule has 0 fully saturated rings. The van der Waals surface area contributed by atoms with Crippen LogP contribution < -0.4 is 5.73 Å². The molecule has 56 valence electrons. The van der Waals surface area contributed by atoms with Gasteiger partial charge in [-0.15, -0.1) is 10.2 Å². The van der Waals surface area contributed by atoms with Crippen LogP contribution in [0.25, 0.3) is 11.6 Å². The zero-order valence-corrected chi connectivity index (χ0v) is 5.48. The molecule has 0 unspecified atom stereocenters. The number of H-pyrrole nitrogens is 1. The standard InChI is InChI=1S/C5H5N5O/c6-4-3(8-10-9-4)5-7-1-2-11-5/h1-2H,(H3,6,8,9,10). The van der Waals surface area contributed by atoms with Crippen molar-refractivity contribution in [1.29, 1.82) is 0 Å². The van der Waals surface area contributed by atoms with E-state index in [-0.39, 0.29) is 5.82 Å². The number of nitrogens with two attached hydrogens (primary N) is 1. The molecule has 0 aliphatic heterocycles. The van der Waals surface area contributed by atoms with Gasteiger partial charge in [-0.05, 0) is 0 Å². The van der Waals surface area contributed by atoms with E-state index in [9.17, 15) is 0 Å². The number of aromatic amines is 1. The van der Waals surface area contributed by atoms with Gasteiger partial charge in [0.2, 0.25) is 0 Å². The summed E-state index contributed by atoms with van der Waals surface area (Å²) in [5.41, 5.74) is 5.87. The maximum Gasteiger partial charge on any atom is 0.250 e. The van der Waals surface area contributed by atoms with Gasteiger partial charge in [0.05, 0.1) is 6.20 Å². The zero-order valence-electron chi connectivity index (χ0n) is 5.48. The normalized spacial score (nSPS) is 10.2. The fourth-order valence-electron chi connectivity index (χ4n) is 0.737. The number of anilines is 1. The summed E-state index contributed by atoms with van der Waals surface area (Å²) in [4.78, 5) is 3.85. The molecule has 0 atom stereocenters. The lowest BCUT2D eigenvalue weighted by Crippen LogP contribution is -1.87. The summed E-state index contributed by atoms with van der Waals surface area (Å²) in [7, 11) is 0. The van der Waals surface area contributed by atoms with Gasteiger partial charge < -0.3 is 10.2 Å². The maximum absolute atomic E-state index is 5.43. The van der Waals surface area contributed by atoms with E-state index in [0.717, 1.165) is 0 Å². The minimum absolute atomic E-state index is 0.285. The SMILES string of the molecule is Nc1n[nH]nc1-c1ncco1. The molecule has 0 amide bonds. The molecule has 0 spiro atoms. The van der Waals surface area contributed by atoms with E-state index in [4.69, 9.17) is 10.2 Å². The number of nitrogens with one attached hydrogen (secondary N) is 1. The van der Waals surface area contributed by atoms with E-state index in [1.165, 1.54) is 12.5 Å². The van der Waals surface area contributed by atoms with Crippen molar-refractivity contribution in [3.8, 4) is 11.6 Å². The van der Waals surface area contributed by atoms with Gasteiger partial charge in [0.1, 0.15) is 6.26 Å². The number of aromatic nitrogens is 4. The monoisotopic (exact) mass is 151 g/mol. The molecule has 0 bridgehead atoms. The van der Waals surface area contributed by atoms with Crippen molar-refractivity contribution in [2.45, 2.75) is 0 Å². The Morgan fingerprint density at radius 2 is 2.36 bits per heavy atom. The first-order valence-corrected chi connectivity index (χ1v) is 2.94. The van der Waals surface area contributed by atoms with Crippen LogP contribution in [0.3, 0.4) is 0 Å². The number of nitrogens with zero attached hydrogens (tertiary/aromatic N) is 3. The van der Waals surface area contributed by atoms with Gasteiger partial charge >= 0.3 is 0 Å². The van der Waals surface area contributed by atoms with Gasteiger partial charge in [0.25, 0.3) is 5.89 Å². The Kier molecular flexibility index (Phi) is 1.12. The first-order chi connectivity index (χ1) is 5.38. The van der Waals surface area contributed by atoms with Gasteiger partial charge in [-0.2, -0.15) is 5.21 Å². The third-order valence-electron chi connectivity index (χ3n) is 1.21. The zero-order chi connectivity index (χ0) is 7.68. The van der Waals surface area contributed by atoms with E-state index in [1.807, 2.05) is 0 Å². The molecule has 0 aliphatic rings. The largest absolute Gasteiger partial charge is 0.443 e. The van der Waals surface area contributed by atoms with Crippen LogP contribution in [0.15, 0.2) is 16.9 Å². The molecule has 2 aromatic heterocycles. The fraction of sp³-hybridized carbons (Fsp3) is 0. The first-order valence-electron chi connectivity index (χ1n) is 2.94. The van der Waals surface area contributed by atoms with Crippen molar-refractivity contribution in [3.05, 3.63) is 12.5 Å². The van der Waals surface area contributed by atoms with E-state index < -0.39 is 0 Å². The van der Waals surface area contributed by atoms with Gasteiger partial charge in [0, 0.05) is 0 Å². The molecular formula is C5H5N5O. The molecule has 0 saturated heterocycles. The summed E-state index contributed by atoms with van der Waals surface area (Å²) >= 11 is 0. The predicted octanol–water partition coefficient (Wildman–Crippen LogP) is 0.0419. The molecule has 0 aliphatic carbocycles. The Hall–Kier alpha value is -1.85. The average Bonchev–Trinajstić information content (AvgIpc) is 2.55. The van der Waals surface area contributed by atoms with E-state index in [1.54, 1.807) is 0 Å². The highest BCUT2D eigenvalue weighted by Crippen LogP contribution is 2.17. The first kappa shape index (κ1) is 5.90. The average molecular weight is 151 g/mol. The molecule has 6 heteroatoms. The Labute approximate surface area is 61.4 Å². The highest BCUT2D eigenvalue weighted by Gasteiger charge is 2.10. The van der Waals surface area contributed by atoms with Crippen LogP contribution in [0, 0.1) is 0 Å². The molecule has 0 saturated carbocycles. The molecule has 3 N–H and O–H groups in total. The second-order valence-electron chi connectivity index (χ2n) is 1.89. The summed E-state index contributed by atoms with van der Waals surface area (Å²) in [5.74, 6) is 0.656. The Morgan fingerprint density at radius 1 is 1.45 bits per heavy atom. The Morgan fingerprint density at radius 3 is 2.91 bits per heavy atom. The van der Waals surface area contributed by atoms with Crippen molar-refractivity contribution < 1.29 is 4.42 Å². The lowest BCUT2D eigenvalue weighted by molar-refractivity contribution is 0.572. The van der Waals surface area contributed by atoms with Crippen molar-refractivity contribution in [1.82, 2.24) is 20.4 Å². The minimum Gasteiger partial charge on any atom is -0.443 e. The van der Waals surface area contributed by atoms with Crippen molar-refractivity contribution in [2.75, 3.05) is 5.73 Å². The van der Waals surface area contributed by atoms with E-state index in [0.29, 0.717) is 11.6 Å². The molecule has 0 radical (unpaired) electrons. The molecule has 0 aromatic carbocycles. The minimum atomic E-state index is 0.285. The van der Waals surface area contributed by atoms with Crippen LogP contribution in [0.2, 0.25) is 0 Å². The molecule has 2 heterocycles. The van der Waals surface area contributed by atoms with Crippen LogP contribution in [0.4, 0.5) is 5.82 Å². The van der Waals surface area contributed by atoms with Gasteiger partial charge in [-0.3, -0.25) is 0 Å². The quantitative estimate of drug-likeness (QED) is 0.600. The van der Waals surface area contributed by atoms with E-state index in [2.05, 4.69) is 20.4 Å². The second-order valence-corrected chi connectivity index (χ2v) is 1.89. The lowest BCUT2D eigenvalue weighted by Gasteiger charge is -1.85. The topological polar surface area (TPSA) is 93.6 Å². The second kappa shape index (κ2) is 2.08. The molecule has 6 nitrogen and oxygen atoms in total. The van der Waals surface area contributed by atoms with Crippen LogP contribution in [0.5, 0.6) is 0 Å². The Bertz CT molecular complexity index is 337. The smallest absolute Gasteiger partial charge is 0.250 e. The number of hydrogen-bond donors (Lipinski definition) is 2. The number of hydrogen-bond acceptors (Lipinski definition) is 5. The van der Waals surface area contributed by atoms with Gasteiger partial charge in [0.15, 0.2) is 11.5 Å². The molecule has 11 heavy (non-hydrogen) atoms.